The summed E-state index contributed by atoms with van der Waals surface area (Å²) in [5.41, 5.74) is 1.43. The van der Waals surface area contributed by atoms with Crippen LogP contribution in [0.3, 0.4) is 0 Å². The lowest BCUT2D eigenvalue weighted by molar-refractivity contribution is 0.216. The highest BCUT2D eigenvalue weighted by molar-refractivity contribution is 6.31. The number of ether oxygens (including phenoxy) is 2. The third-order valence-electron chi connectivity index (χ3n) is 2.94. The molecule has 2 rings (SSSR count). The molecular formula is C16H14ClNO2. The predicted molar refractivity (Wildman–Crippen MR) is 78.2 cm³/mol. The topological polar surface area (TPSA) is 42.2 Å². The van der Waals surface area contributed by atoms with Gasteiger partial charge in [-0.25, -0.2) is 0 Å². The maximum absolute atomic E-state index is 8.88. The first-order chi connectivity index (χ1) is 9.65. The molecule has 0 aliphatic heterocycles. The monoisotopic (exact) mass is 287 g/mol. The molecule has 102 valence electrons. The molecule has 0 heterocycles. The Morgan fingerprint density at radius 3 is 2.55 bits per heavy atom. The largest absolute Gasteiger partial charge is 0.493 e. The van der Waals surface area contributed by atoms with E-state index in [2.05, 4.69) is 6.07 Å². The molecule has 20 heavy (non-hydrogen) atoms. The predicted octanol–water partition coefficient (Wildman–Crippen LogP) is 4.36. The zero-order valence-corrected chi connectivity index (χ0v) is 12.0. The van der Waals surface area contributed by atoms with E-state index in [1.54, 1.807) is 25.3 Å². The molecule has 0 radical (unpaired) electrons. The van der Waals surface area contributed by atoms with Gasteiger partial charge in [0.1, 0.15) is 6.10 Å². The summed E-state index contributed by atoms with van der Waals surface area (Å²) in [7, 11) is 1.55. The van der Waals surface area contributed by atoms with Crippen molar-refractivity contribution in [3.8, 4) is 17.6 Å². The molecule has 4 heteroatoms. The third kappa shape index (κ3) is 3.04. The van der Waals surface area contributed by atoms with Crippen LogP contribution in [0.25, 0.3) is 0 Å². The van der Waals surface area contributed by atoms with E-state index < -0.39 is 0 Å². The number of nitrogens with zero attached hydrogens (tertiary/aromatic N) is 1. The lowest BCUT2D eigenvalue weighted by atomic mass is 10.1. The summed E-state index contributed by atoms with van der Waals surface area (Å²) in [5.74, 6) is 1.11. The molecular weight excluding hydrogens is 274 g/mol. The molecule has 0 aliphatic rings. The van der Waals surface area contributed by atoms with Gasteiger partial charge in [-0.1, -0.05) is 29.8 Å². The van der Waals surface area contributed by atoms with Crippen LogP contribution in [0.4, 0.5) is 0 Å². The first-order valence-electron chi connectivity index (χ1n) is 6.15. The summed E-state index contributed by atoms with van der Waals surface area (Å²) >= 11 is 6.15. The number of halogens is 1. The minimum absolute atomic E-state index is 0.217. The van der Waals surface area contributed by atoms with Crippen molar-refractivity contribution in [1.29, 1.82) is 5.26 Å². The Kier molecular flexibility index (Phi) is 4.49. The number of benzene rings is 2. The van der Waals surface area contributed by atoms with Gasteiger partial charge in [-0.3, -0.25) is 0 Å². The molecule has 0 bridgehead atoms. The van der Waals surface area contributed by atoms with E-state index in [-0.39, 0.29) is 6.10 Å². The van der Waals surface area contributed by atoms with Crippen LogP contribution in [0.2, 0.25) is 5.02 Å². The van der Waals surface area contributed by atoms with Crippen molar-refractivity contribution in [2.45, 2.75) is 13.0 Å². The average Bonchev–Trinajstić information content (AvgIpc) is 2.48. The molecule has 2 aromatic carbocycles. The van der Waals surface area contributed by atoms with Crippen LogP contribution in [0.15, 0.2) is 42.5 Å². The molecule has 0 amide bonds. The van der Waals surface area contributed by atoms with E-state index in [0.29, 0.717) is 22.1 Å². The van der Waals surface area contributed by atoms with Crippen LogP contribution < -0.4 is 9.47 Å². The summed E-state index contributed by atoms with van der Waals surface area (Å²) in [6.07, 6.45) is -0.217. The van der Waals surface area contributed by atoms with Crippen molar-refractivity contribution in [2.75, 3.05) is 7.11 Å². The van der Waals surface area contributed by atoms with Gasteiger partial charge in [0.15, 0.2) is 11.5 Å². The van der Waals surface area contributed by atoms with Crippen LogP contribution in [0, 0.1) is 11.3 Å². The Morgan fingerprint density at radius 2 is 1.90 bits per heavy atom. The van der Waals surface area contributed by atoms with Crippen molar-refractivity contribution in [2.24, 2.45) is 0 Å². The van der Waals surface area contributed by atoms with Gasteiger partial charge < -0.3 is 9.47 Å². The van der Waals surface area contributed by atoms with Crippen molar-refractivity contribution < 1.29 is 9.47 Å². The van der Waals surface area contributed by atoms with Crippen molar-refractivity contribution >= 4 is 11.6 Å². The van der Waals surface area contributed by atoms with Crippen molar-refractivity contribution in [3.05, 3.63) is 58.6 Å². The van der Waals surface area contributed by atoms with Crippen LogP contribution in [0.1, 0.15) is 24.2 Å². The number of rotatable bonds is 4. The summed E-state index contributed by atoms with van der Waals surface area (Å²) in [6, 6.07) is 14.7. The highest BCUT2D eigenvalue weighted by Gasteiger charge is 2.14. The molecule has 0 aromatic heterocycles. The van der Waals surface area contributed by atoms with Gasteiger partial charge in [0.2, 0.25) is 0 Å². The number of hydrogen-bond donors (Lipinski definition) is 0. The zero-order valence-electron chi connectivity index (χ0n) is 11.3. The summed E-state index contributed by atoms with van der Waals surface area (Å²) in [6.45, 7) is 1.92. The normalized spacial score (nSPS) is 11.5. The fraction of sp³-hybridized carbons (Fsp3) is 0.188. The van der Waals surface area contributed by atoms with Crippen LogP contribution in [-0.4, -0.2) is 7.11 Å². The molecule has 0 spiro atoms. The van der Waals surface area contributed by atoms with Gasteiger partial charge in [-0.15, -0.1) is 0 Å². The number of hydrogen-bond acceptors (Lipinski definition) is 3. The highest BCUT2D eigenvalue weighted by Crippen LogP contribution is 2.33. The quantitative estimate of drug-likeness (QED) is 0.839. The molecule has 3 nitrogen and oxygen atoms in total. The molecule has 0 saturated heterocycles. The van der Waals surface area contributed by atoms with E-state index in [1.807, 2.05) is 31.2 Å². The van der Waals surface area contributed by atoms with Gasteiger partial charge >= 0.3 is 0 Å². The van der Waals surface area contributed by atoms with Gasteiger partial charge in [-0.05, 0) is 25.1 Å². The fourth-order valence-electron chi connectivity index (χ4n) is 1.89. The minimum Gasteiger partial charge on any atom is -0.493 e. The minimum atomic E-state index is -0.217. The van der Waals surface area contributed by atoms with Crippen LogP contribution >= 0.6 is 11.6 Å². The van der Waals surface area contributed by atoms with E-state index in [1.165, 1.54) is 0 Å². The van der Waals surface area contributed by atoms with E-state index in [9.17, 15) is 0 Å². The fourth-order valence-corrected chi connectivity index (χ4v) is 2.18. The smallest absolute Gasteiger partial charge is 0.162 e. The number of nitriles is 1. The molecule has 0 saturated carbocycles. The van der Waals surface area contributed by atoms with Crippen LogP contribution in [0.5, 0.6) is 11.5 Å². The Morgan fingerprint density at radius 1 is 1.15 bits per heavy atom. The first kappa shape index (κ1) is 14.2. The lowest BCUT2D eigenvalue weighted by Gasteiger charge is -2.18. The Labute approximate surface area is 123 Å². The van der Waals surface area contributed by atoms with Crippen LogP contribution in [-0.2, 0) is 0 Å². The van der Waals surface area contributed by atoms with Crippen molar-refractivity contribution in [3.63, 3.8) is 0 Å². The second-order valence-electron chi connectivity index (χ2n) is 4.26. The maximum Gasteiger partial charge on any atom is 0.162 e. The molecule has 1 atom stereocenters. The standard InChI is InChI=1S/C16H14ClNO2/c1-11(13-5-3-4-6-14(13)17)20-15-8-7-12(10-18)9-16(15)19-2/h3-9,11H,1-2H3/t11-/m1/s1. The molecule has 2 aromatic rings. The summed E-state index contributed by atoms with van der Waals surface area (Å²) in [4.78, 5) is 0. The maximum atomic E-state index is 8.88. The average molecular weight is 288 g/mol. The SMILES string of the molecule is COc1cc(C#N)ccc1O[C@H](C)c1ccccc1Cl. The van der Waals surface area contributed by atoms with Gasteiger partial charge in [0, 0.05) is 16.7 Å². The van der Waals surface area contributed by atoms with E-state index >= 15 is 0 Å². The second kappa shape index (κ2) is 6.31. The zero-order chi connectivity index (χ0) is 14.5. The van der Waals surface area contributed by atoms with Gasteiger partial charge in [0.05, 0.1) is 18.7 Å². The Balaban J connectivity index is 2.26. The summed E-state index contributed by atoms with van der Waals surface area (Å²) < 4.78 is 11.1. The first-order valence-corrected chi connectivity index (χ1v) is 6.52. The molecule has 0 aliphatic carbocycles. The Bertz CT molecular complexity index is 649. The van der Waals surface area contributed by atoms with Crippen molar-refractivity contribution in [1.82, 2.24) is 0 Å². The second-order valence-corrected chi connectivity index (χ2v) is 4.67. The third-order valence-corrected chi connectivity index (χ3v) is 3.28. The molecule has 0 N–H and O–H groups in total. The summed E-state index contributed by atoms with van der Waals surface area (Å²) in [5, 5.41) is 9.54. The molecule has 0 unspecified atom stereocenters. The Hall–Kier alpha value is -2.18. The van der Waals surface area contributed by atoms with Gasteiger partial charge in [-0.2, -0.15) is 5.26 Å². The lowest BCUT2D eigenvalue weighted by Crippen LogP contribution is -2.05. The van der Waals surface area contributed by atoms with Gasteiger partial charge in [0.25, 0.3) is 0 Å². The van der Waals surface area contributed by atoms with E-state index in [0.717, 1.165) is 5.56 Å². The highest BCUT2D eigenvalue weighted by atomic mass is 35.5. The number of methoxy groups -OCH3 is 1. The van der Waals surface area contributed by atoms with E-state index in [4.69, 9.17) is 26.3 Å². The molecule has 0 fully saturated rings.